The fourth-order valence-corrected chi connectivity index (χ4v) is 2.99. The zero-order valence-electron chi connectivity index (χ0n) is 12.4. The first-order valence-corrected chi connectivity index (χ1v) is 7.32. The summed E-state index contributed by atoms with van der Waals surface area (Å²) in [4.78, 5) is 0. The van der Waals surface area contributed by atoms with Crippen LogP contribution in [0.15, 0.2) is 23.8 Å². The summed E-state index contributed by atoms with van der Waals surface area (Å²) in [5, 5.41) is 9.69. The lowest BCUT2D eigenvalue weighted by molar-refractivity contribution is 0.295. The number of aliphatic hydroxyl groups excluding tert-OH is 1. The first-order chi connectivity index (χ1) is 9.80. The van der Waals surface area contributed by atoms with Gasteiger partial charge in [0.2, 0.25) is 0 Å². The quantitative estimate of drug-likeness (QED) is 0.892. The predicted molar refractivity (Wildman–Crippen MR) is 81.2 cm³/mol. The van der Waals surface area contributed by atoms with Gasteiger partial charge in [-0.3, -0.25) is 0 Å². The molecule has 1 saturated carbocycles. The lowest BCUT2D eigenvalue weighted by atomic mass is 9.83. The Labute approximate surface area is 121 Å². The molecule has 3 nitrogen and oxygen atoms in total. The third-order valence-electron chi connectivity index (χ3n) is 4.09. The molecule has 2 rings (SSSR count). The van der Waals surface area contributed by atoms with E-state index in [2.05, 4.69) is 6.08 Å². The molecule has 20 heavy (non-hydrogen) atoms. The smallest absolute Gasteiger partial charge is 0.167 e. The van der Waals surface area contributed by atoms with E-state index in [0.29, 0.717) is 5.92 Å². The zero-order valence-corrected chi connectivity index (χ0v) is 12.4. The van der Waals surface area contributed by atoms with Gasteiger partial charge in [-0.1, -0.05) is 31.4 Å². The second kappa shape index (κ2) is 7.34. The second-order valence-corrected chi connectivity index (χ2v) is 5.30. The van der Waals surface area contributed by atoms with Crippen LogP contribution in [0.3, 0.4) is 0 Å². The standard InChI is InChI=1S/C17H24O3/c1-19-16-10-6-9-14(17(16)20-2)11-15(12-18)13-7-4-3-5-8-13/h6,9-11,13,18H,3-5,7-8,12H2,1-2H3/b15-11-. The summed E-state index contributed by atoms with van der Waals surface area (Å²) in [6.45, 7) is 0.116. The molecule has 110 valence electrons. The summed E-state index contributed by atoms with van der Waals surface area (Å²) in [6, 6.07) is 5.83. The van der Waals surface area contributed by atoms with Gasteiger partial charge in [-0.15, -0.1) is 0 Å². The molecule has 1 fully saturated rings. The Hall–Kier alpha value is -1.48. The van der Waals surface area contributed by atoms with Crippen LogP contribution in [0, 0.1) is 5.92 Å². The number of benzene rings is 1. The van der Waals surface area contributed by atoms with Gasteiger partial charge >= 0.3 is 0 Å². The van der Waals surface area contributed by atoms with Crippen molar-refractivity contribution >= 4 is 6.08 Å². The Kier molecular flexibility index (Phi) is 5.48. The molecule has 1 aliphatic carbocycles. The maximum Gasteiger partial charge on any atom is 0.167 e. The molecular formula is C17H24O3. The van der Waals surface area contributed by atoms with Crippen molar-refractivity contribution in [3.05, 3.63) is 29.3 Å². The molecule has 1 aromatic rings. The minimum Gasteiger partial charge on any atom is -0.493 e. The molecule has 0 heterocycles. The van der Waals surface area contributed by atoms with Crippen LogP contribution in [0.5, 0.6) is 11.5 Å². The molecule has 0 amide bonds. The Balaban J connectivity index is 2.31. The highest BCUT2D eigenvalue weighted by Gasteiger charge is 2.18. The highest BCUT2D eigenvalue weighted by Crippen LogP contribution is 2.35. The van der Waals surface area contributed by atoms with E-state index < -0.39 is 0 Å². The Morgan fingerprint density at radius 2 is 1.95 bits per heavy atom. The van der Waals surface area contributed by atoms with Gasteiger partial charge in [0, 0.05) is 5.56 Å². The van der Waals surface area contributed by atoms with Crippen molar-refractivity contribution in [2.24, 2.45) is 5.92 Å². The highest BCUT2D eigenvalue weighted by atomic mass is 16.5. The molecule has 0 unspecified atom stereocenters. The average Bonchev–Trinajstić information content (AvgIpc) is 2.52. The van der Waals surface area contributed by atoms with Crippen molar-refractivity contribution in [1.29, 1.82) is 0 Å². The van der Waals surface area contributed by atoms with Crippen molar-refractivity contribution in [1.82, 2.24) is 0 Å². The number of aliphatic hydroxyl groups is 1. The molecule has 0 bridgehead atoms. The fraction of sp³-hybridized carbons (Fsp3) is 0.529. The maximum absolute atomic E-state index is 9.69. The number of rotatable bonds is 5. The second-order valence-electron chi connectivity index (χ2n) is 5.30. The molecular weight excluding hydrogens is 252 g/mol. The van der Waals surface area contributed by atoms with E-state index in [0.717, 1.165) is 22.6 Å². The number of methoxy groups -OCH3 is 2. The van der Waals surface area contributed by atoms with Gasteiger partial charge in [0.15, 0.2) is 11.5 Å². The first-order valence-electron chi connectivity index (χ1n) is 7.32. The maximum atomic E-state index is 9.69. The van der Waals surface area contributed by atoms with E-state index in [1.807, 2.05) is 18.2 Å². The lowest BCUT2D eigenvalue weighted by Crippen LogP contribution is -2.11. The van der Waals surface area contributed by atoms with E-state index >= 15 is 0 Å². The normalized spacial score (nSPS) is 17.1. The SMILES string of the molecule is COc1cccc(/C=C(/CO)C2CCCCC2)c1OC. The highest BCUT2D eigenvalue weighted by molar-refractivity contribution is 5.64. The molecule has 0 aromatic heterocycles. The zero-order chi connectivity index (χ0) is 14.4. The third kappa shape index (κ3) is 3.34. The molecule has 0 radical (unpaired) electrons. The van der Waals surface area contributed by atoms with E-state index in [4.69, 9.17) is 9.47 Å². The summed E-state index contributed by atoms with van der Waals surface area (Å²) in [6.07, 6.45) is 8.26. The third-order valence-corrected chi connectivity index (χ3v) is 4.09. The van der Waals surface area contributed by atoms with Gasteiger partial charge in [-0.05, 0) is 36.5 Å². The van der Waals surface area contributed by atoms with E-state index in [-0.39, 0.29) is 6.61 Å². The van der Waals surface area contributed by atoms with Gasteiger partial charge in [-0.25, -0.2) is 0 Å². The van der Waals surface area contributed by atoms with Crippen molar-refractivity contribution in [2.75, 3.05) is 20.8 Å². The number of ether oxygens (including phenoxy) is 2. The molecule has 1 aromatic carbocycles. The van der Waals surface area contributed by atoms with Crippen LogP contribution in [0.2, 0.25) is 0 Å². The van der Waals surface area contributed by atoms with Crippen molar-refractivity contribution in [3.63, 3.8) is 0 Å². The Morgan fingerprint density at radius 1 is 1.20 bits per heavy atom. The Morgan fingerprint density at radius 3 is 2.55 bits per heavy atom. The van der Waals surface area contributed by atoms with Crippen LogP contribution >= 0.6 is 0 Å². The largest absolute Gasteiger partial charge is 0.493 e. The van der Waals surface area contributed by atoms with Crippen LogP contribution in [0.1, 0.15) is 37.7 Å². The van der Waals surface area contributed by atoms with Gasteiger partial charge in [0.05, 0.1) is 20.8 Å². The van der Waals surface area contributed by atoms with Crippen LogP contribution in [-0.2, 0) is 0 Å². The van der Waals surface area contributed by atoms with Crippen molar-refractivity contribution in [2.45, 2.75) is 32.1 Å². The number of hydrogen-bond donors (Lipinski definition) is 1. The summed E-state index contributed by atoms with van der Waals surface area (Å²) in [5.41, 5.74) is 2.08. The molecule has 0 atom stereocenters. The van der Waals surface area contributed by atoms with Crippen LogP contribution in [0.25, 0.3) is 6.08 Å². The molecule has 0 aliphatic heterocycles. The molecule has 3 heteroatoms. The topological polar surface area (TPSA) is 38.7 Å². The average molecular weight is 276 g/mol. The minimum absolute atomic E-state index is 0.116. The predicted octanol–water partition coefficient (Wildman–Crippen LogP) is 3.66. The van der Waals surface area contributed by atoms with Gasteiger partial charge in [-0.2, -0.15) is 0 Å². The fourth-order valence-electron chi connectivity index (χ4n) is 2.99. The molecule has 0 saturated heterocycles. The lowest BCUT2D eigenvalue weighted by Gasteiger charge is -2.24. The molecule has 0 spiro atoms. The number of para-hydroxylation sites is 1. The summed E-state index contributed by atoms with van der Waals surface area (Å²) in [7, 11) is 3.29. The van der Waals surface area contributed by atoms with E-state index in [9.17, 15) is 5.11 Å². The molecule has 1 aliphatic rings. The van der Waals surface area contributed by atoms with Crippen LogP contribution in [0.4, 0.5) is 0 Å². The van der Waals surface area contributed by atoms with E-state index in [1.54, 1.807) is 14.2 Å². The van der Waals surface area contributed by atoms with Gasteiger partial charge in [0.1, 0.15) is 0 Å². The van der Waals surface area contributed by atoms with Gasteiger partial charge < -0.3 is 14.6 Å². The first kappa shape index (κ1) is 14.9. The van der Waals surface area contributed by atoms with E-state index in [1.165, 1.54) is 32.1 Å². The summed E-state index contributed by atoms with van der Waals surface area (Å²) < 4.78 is 10.8. The summed E-state index contributed by atoms with van der Waals surface area (Å²) >= 11 is 0. The monoisotopic (exact) mass is 276 g/mol. The summed E-state index contributed by atoms with van der Waals surface area (Å²) in [5.74, 6) is 1.96. The van der Waals surface area contributed by atoms with Crippen molar-refractivity contribution in [3.8, 4) is 11.5 Å². The van der Waals surface area contributed by atoms with Crippen LogP contribution in [-0.4, -0.2) is 25.9 Å². The van der Waals surface area contributed by atoms with Crippen molar-refractivity contribution < 1.29 is 14.6 Å². The number of hydrogen-bond acceptors (Lipinski definition) is 3. The van der Waals surface area contributed by atoms with Crippen LogP contribution < -0.4 is 9.47 Å². The molecule has 1 N–H and O–H groups in total. The Bertz CT molecular complexity index is 459. The van der Waals surface area contributed by atoms with Gasteiger partial charge in [0.25, 0.3) is 0 Å². The minimum atomic E-state index is 0.116.